The number of carbonyl (C=O) groups excluding carboxylic acids is 1. The third kappa shape index (κ3) is 4.27. The number of thiazole rings is 1. The first-order chi connectivity index (χ1) is 14.5. The van der Waals surface area contributed by atoms with Gasteiger partial charge in [0, 0.05) is 17.3 Å². The van der Waals surface area contributed by atoms with Crippen molar-refractivity contribution in [3.8, 4) is 0 Å². The van der Waals surface area contributed by atoms with Crippen LogP contribution in [0.3, 0.4) is 0 Å². The van der Waals surface area contributed by atoms with Crippen LogP contribution in [0.5, 0.6) is 0 Å². The van der Waals surface area contributed by atoms with Crippen molar-refractivity contribution in [2.24, 2.45) is 0 Å². The zero-order valence-electron chi connectivity index (χ0n) is 16.7. The molecular formula is C24H20ClN3OS. The highest BCUT2D eigenvalue weighted by Gasteiger charge is 2.20. The highest BCUT2D eigenvalue weighted by atomic mass is 35.5. The lowest BCUT2D eigenvalue weighted by Gasteiger charge is -2.17. The van der Waals surface area contributed by atoms with Crippen molar-refractivity contribution in [1.82, 2.24) is 9.97 Å². The third-order valence-electron chi connectivity index (χ3n) is 4.93. The minimum Gasteiger partial charge on any atom is -0.278 e. The molecule has 0 aliphatic rings. The second kappa shape index (κ2) is 8.78. The Morgan fingerprint density at radius 1 is 1.10 bits per heavy atom. The van der Waals surface area contributed by atoms with E-state index in [4.69, 9.17) is 16.6 Å². The number of aromatic nitrogens is 2. The van der Waals surface area contributed by atoms with Crippen molar-refractivity contribution < 1.29 is 4.79 Å². The summed E-state index contributed by atoms with van der Waals surface area (Å²) in [5, 5.41) is 1.25. The molecule has 0 aliphatic heterocycles. The number of aryl methyl sites for hydroxylation is 2. The van der Waals surface area contributed by atoms with E-state index in [2.05, 4.69) is 31.0 Å². The Morgan fingerprint density at radius 3 is 2.67 bits per heavy atom. The SMILES string of the molecule is Cc1ccc2sc(N(Cc3ccccn3)C(=O)/C=C/c3ccccc3Cl)nc2c1C. The van der Waals surface area contributed by atoms with E-state index < -0.39 is 0 Å². The van der Waals surface area contributed by atoms with E-state index in [1.165, 1.54) is 23.0 Å². The van der Waals surface area contributed by atoms with Crippen LogP contribution in [0.15, 0.2) is 66.9 Å². The summed E-state index contributed by atoms with van der Waals surface area (Å²) >= 11 is 7.73. The van der Waals surface area contributed by atoms with Crippen LogP contribution in [0.2, 0.25) is 5.02 Å². The molecule has 0 radical (unpaired) electrons. The number of hydrogen-bond acceptors (Lipinski definition) is 4. The number of halogens is 1. The molecule has 30 heavy (non-hydrogen) atoms. The van der Waals surface area contributed by atoms with Gasteiger partial charge >= 0.3 is 0 Å². The van der Waals surface area contributed by atoms with E-state index in [1.807, 2.05) is 36.4 Å². The van der Waals surface area contributed by atoms with Gasteiger partial charge in [0.15, 0.2) is 5.13 Å². The summed E-state index contributed by atoms with van der Waals surface area (Å²) in [5.74, 6) is -0.172. The Hall–Kier alpha value is -3.02. The van der Waals surface area contributed by atoms with Crippen molar-refractivity contribution in [1.29, 1.82) is 0 Å². The Morgan fingerprint density at radius 2 is 1.90 bits per heavy atom. The number of rotatable bonds is 5. The Balaban J connectivity index is 1.72. The van der Waals surface area contributed by atoms with Gasteiger partial charge in [-0.05, 0) is 60.9 Å². The number of carbonyl (C=O) groups is 1. The standard InChI is InChI=1S/C24H20ClN3OS/c1-16-10-12-21-23(17(16)2)27-24(30-21)28(15-19-8-5-6-14-26-19)22(29)13-11-18-7-3-4-9-20(18)25/h3-14H,15H2,1-2H3/b13-11+. The van der Waals surface area contributed by atoms with E-state index in [0.717, 1.165) is 27.0 Å². The van der Waals surface area contributed by atoms with Gasteiger partial charge in [-0.1, -0.05) is 53.3 Å². The molecular weight excluding hydrogens is 414 g/mol. The predicted octanol–water partition coefficient (Wildman–Crippen LogP) is 6.21. The summed E-state index contributed by atoms with van der Waals surface area (Å²) in [6, 6.07) is 17.2. The maximum absolute atomic E-state index is 13.2. The Bertz CT molecular complexity index is 1230. The minimum absolute atomic E-state index is 0.172. The molecule has 0 spiro atoms. The number of fused-ring (bicyclic) bond motifs is 1. The zero-order valence-corrected chi connectivity index (χ0v) is 18.2. The molecule has 0 N–H and O–H groups in total. The monoisotopic (exact) mass is 433 g/mol. The Labute approximate surface area is 184 Å². The van der Waals surface area contributed by atoms with Gasteiger partial charge in [0.25, 0.3) is 5.91 Å². The van der Waals surface area contributed by atoms with Gasteiger partial charge in [-0.15, -0.1) is 0 Å². The fourth-order valence-corrected chi connectivity index (χ4v) is 4.31. The summed E-state index contributed by atoms with van der Waals surface area (Å²) in [5.41, 5.74) is 4.83. The van der Waals surface area contributed by atoms with E-state index >= 15 is 0 Å². The van der Waals surface area contributed by atoms with Crippen LogP contribution >= 0.6 is 22.9 Å². The number of amides is 1. The van der Waals surface area contributed by atoms with Crippen LogP contribution in [-0.4, -0.2) is 15.9 Å². The molecule has 0 atom stereocenters. The quantitative estimate of drug-likeness (QED) is 0.351. The normalized spacial score (nSPS) is 11.3. The average Bonchev–Trinajstić information content (AvgIpc) is 3.19. The summed E-state index contributed by atoms with van der Waals surface area (Å²) in [7, 11) is 0. The molecule has 0 fully saturated rings. The number of hydrogen-bond donors (Lipinski definition) is 0. The molecule has 150 valence electrons. The van der Waals surface area contributed by atoms with E-state index in [0.29, 0.717) is 16.7 Å². The molecule has 2 aromatic carbocycles. The molecule has 6 heteroatoms. The number of nitrogens with zero attached hydrogens (tertiary/aromatic N) is 3. The molecule has 2 aromatic heterocycles. The van der Waals surface area contributed by atoms with Crippen LogP contribution in [0.4, 0.5) is 5.13 Å². The number of pyridine rings is 1. The van der Waals surface area contributed by atoms with Gasteiger partial charge in [0.2, 0.25) is 0 Å². The first-order valence-electron chi connectivity index (χ1n) is 9.53. The lowest BCUT2D eigenvalue weighted by Crippen LogP contribution is -2.29. The van der Waals surface area contributed by atoms with Gasteiger partial charge in [-0.3, -0.25) is 14.7 Å². The van der Waals surface area contributed by atoms with Crippen LogP contribution in [0, 0.1) is 13.8 Å². The van der Waals surface area contributed by atoms with Crippen molar-refractivity contribution in [3.63, 3.8) is 0 Å². The van der Waals surface area contributed by atoms with E-state index in [-0.39, 0.29) is 5.91 Å². The molecule has 0 bridgehead atoms. The van der Waals surface area contributed by atoms with Crippen LogP contribution in [0.1, 0.15) is 22.4 Å². The first kappa shape index (κ1) is 20.3. The van der Waals surface area contributed by atoms with Gasteiger partial charge in [0.1, 0.15) is 0 Å². The predicted molar refractivity (Wildman–Crippen MR) is 125 cm³/mol. The molecule has 1 amide bonds. The van der Waals surface area contributed by atoms with Crippen molar-refractivity contribution in [3.05, 3.63) is 94.3 Å². The van der Waals surface area contributed by atoms with Gasteiger partial charge in [-0.2, -0.15) is 0 Å². The maximum Gasteiger partial charge on any atom is 0.253 e. The molecule has 2 heterocycles. The summed E-state index contributed by atoms with van der Waals surface area (Å²) < 4.78 is 1.06. The van der Waals surface area contributed by atoms with E-state index in [1.54, 1.807) is 23.2 Å². The summed E-state index contributed by atoms with van der Waals surface area (Å²) in [6.45, 7) is 4.46. The molecule has 0 aliphatic carbocycles. The molecule has 0 saturated carbocycles. The van der Waals surface area contributed by atoms with Gasteiger partial charge in [0.05, 0.1) is 22.5 Å². The smallest absolute Gasteiger partial charge is 0.253 e. The fourth-order valence-electron chi connectivity index (χ4n) is 3.08. The maximum atomic E-state index is 13.2. The molecule has 4 nitrogen and oxygen atoms in total. The fraction of sp³-hybridized carbons (Fsp3) is 0.125. The third-order valence-corrected chi connectivity index (χ3v) is 6.32. The second-order valence-corrected chi connectivity index (χ2v) is 8.37. The lowest BCUT2D eigenvalue weighted by atomic mass is 10.1. The van der Waals surface area contributed by atoms with Crippen molar-refractivity contribution >= 4 is 50.3 Å². The average molecular weight is 434 g/mol. The second-order valence-electron chi connectivity index (χ2n) is 6.95. The summed E-state index contributed by atoms with van der Waals surface area (Å²) in [6.07, 6.45) is 5.00. The first-order valence-corrected chi connectivity index (χ1v) is 10.7. The largest absolute Gasteiger partial charge is 0.278 e. The molecule has 0 unspecified atom stereocenters. The van der Waals surface area contributed by atoms with Gasteiger partial charge in [-0.25, -0.2) is 4.98 Å². The lowest BCUT2D eigenvalue weighted by molar-refractivity contribution is -0.114. The Kier molecular flexibility index (Phi) is 5.93. The highest BCUT2D eigenvalue weighted by molar-refractivity contribution is 7.22. The molecule has 4 rings (SSSR count). The zero-order chi connectivity index (χ0) is 21.1. The topological polar surface area (TPSA) is 46.1 Å². The van der Waals surface area contributed by atoms with Crippen molar-refractivity contribution in [2.75, 3.05) is 4.90 Å². The number of anilines is 1. The summed E-state index contributed by atoms with van der Waals surface area (Å²) in [4.78, 5) is 24.0. The minimum atomic E-state index is -0.172. The molecule has 4 aromatic rings. The molecule has 0 saturated heterocycles. The highest BCUT2D eigenvalue weighted by Crippen LogP contribution is 2.33. The number of benzene rings is 2. The van der Waals surface area contributed by atoms with Crippen LogP contribution in [0.25, 0.3) is 16.3 Å². The van der Waals surface area contributed by atoms with Crippen LogP contribution < -0.4 is 4.90 Å². The van der Waals surface area contributed by atoms with E-state index in [9.17, 15) is 4.79 Å². The van der Waals surface area contributed by atoms with Gasteiger partial charge < -0.3 is 0 Å². The van der Waals surface area contributed by atoms with Crippen molar-refractivity contribution in [2.45, 2.75) is 20.4 Å². The van der Waals surface area contributed by atoms with Crippen LogP contribution in [-0.2, 0) is 11.3 Å².